The summed E-state index contributed by atoms with van der Waals surface area (Å²) < 4.78 is 1.90. The average Bonchev–Trinajstić information content (AvgIpc) is 2.15. The summed E-state index contributed by atoms with van der Waals surface area (Å²) in [4.78, 5) is 0. The molecule has 0 amide bonds. The lowest BCUT2D eigenvalue weighted by Gasteiger charge is -1.86. The van der Waals surface area contributed by atoms with E-state index < -0.39 is 0 Å². The number of hydrogen-bond donors (Lipinski definition) is 0. The van der Waals surface area contributed by atoms with Gasteiger partial charge in [-0.1, -0.05) is 0 Å². The van der Waals surface area contributed by atoms with Crippen LogP contribution in [-0.2, 0) is 0 Å². The number of allylic oxidation sites excluding steroid dienone is 1. The lowest BCUT2D eigenvalue weighted by Crippen LogP contribution is -1.81. The van der Waals surface area contributed by atoms with E-state index in [2.05, 4.69) is 12.3 Å². The molecule has 0 atom stereocenters. The third-order valence-electron chi connectivity index (χ3n) is 1.19. The molecule has 0 saturated heterocycles. The first-order valence-electron chi connectivity index (χ1n) is 2.49. The SMILES string of the molecule is [C]1=[C]n2cccc2[CH]1. The minimum Gasteiger partial charge on any atom is -0.318 e. The Morgan fingerprint density at radius 2 is 2.50 bits per heavy atom. The molecule has 0 bridgehead atoms. The molecule has 1 heteroatoms. The van der Waals surface area contributed by atoms with E-state index in [0.717, 1.165) is 5.69 Å². The van der Waals surface area contributed by atoms with E-state index in [0.29, 0.717) is 0 Å². The van der Waals surface area contributed by atoms with Crippen LogP contribution in [0.3, 0.4) is 0 Å². The first-order chi connectivity index (χ1) is 3.97. The van der Waals surface area contributed by atoms with Gasteiger partial charge in [-0.3, -0.25) is 0 Å². The van der Waals surface area contributed by atoms with Crippen LogP contribution in [0.15, 0.2) is 18.3 Å². The van der Waals surface area contributed by atoms with Gasteiger partial charge < -0.3 is 4.57 Å². The monoisotopic (exact) mass is 102 g/mol. The van der Waals surface area contributed by atoms with Crippen LogP contribution in [0.5, 0.6) is 0 Å². The molecule has 8 heavy (non-hydrogen) atoms. The highest BCUT2D eigenvalue weighted by Crippen LogP contribution is 2.09. The third kappa shape index (κ3) is 0.360. The Labute approximate surface area is 48.2 Å². The summed E-state index contributed by atoms with van der Waals surface area (Å²) in [5.74, 6) is 0. The lowest BCUT2D eigenvalue weighted by atomic mass is 10.3. The molecule has 0 aromatic carbocycles. The molecule has 1 aromatic heterocycles. The van der Waals surface area contributed by atoms with E-state index >= 15 is 0 Å². The topological polar surface area (TPSA) is 4.93 Å². The Hall–Kier alpha value is -0.980. The Morgan fingerprint density at radius 1 is 1.50 bits per heavy atom. The third-order valence-corrected chi connectivity index (χ3v) is 1.19. The largest absolute Gasteiger partial charge is 0.318 e. The van der Waals surface area contributed by atoms with Crippen molar-refractivity contribution in [2.24, 2.45) is 0 Å². The van der Waals surface area contributed by atoms with Gasteiger partial charge in [-0.25, -0.2) is 0 Å². The molecule has 1 aliphatic heterocycles. The van der Waals surface area contributed by atoms with Gasteiger partial charge in [-0.2, -0.15) is 0 Å². The van der Waals surface area contributed by atoms with Gasteiger partial charge in [0.15, 0.2) is 0 Å². The van der Waals surface area contributed by atoms with Crippen molar-refractivity contribution in [3.63, 3.8) is 0 Å². The van der Waals surface area contributed by atoms with Gasteiger partial charge in [0, 0.05) is 18.3 Å². The number of aromatic nitrogens is 1. The van der Waals surface area contributed by atoms with E-state index in [-0.39, 0.29) is 0 Å². The van der Waals surface area contributed by atoms with Crippen LogP contribution in [0, 0.1) is 18.7 Å². The molecule has 2 rings (SSSR count). The molecule has 0 saturated carbocycles. The lowest BCUT2D eigenvalue weighted by molar-refractivity contribution is 1.05. The van der Waals surface area contributed by atoms with Crippen LogP contribution in [0.1, 0.15) is 5.69 Å². The van der Waals surface area contributed by atoms with E-state index in [1.54, 1.807) is 0 Å². The van der Waals surface area contributed by atoms with Crippen molar-refractivity contribution >= 4 is 0 Å². The summed E-state index contributed by atoms with van der Waals surface area (Å²) >= 11 is 0. The summed E-state index contributed by atoms with van der Waals surface area (Å²) in [5.41, 5.74) is 1.16. The Kier molecular flexibility index (Phi) is 0.618. The summed E-state index contributed by atoms with van der Waals surface area (Å²) in [6, 6.07) is 4.01. The second kappa shape index (κ2) is 1.25. The van der Waals surface area contributed by atoms with Crippen molar-refractivity contribution in [1.82, 2.24) is 4.57 Å². The summed E-state index contributed by atoms with van der Waals surface area (Å²) in [6.07, 6.45) is 9.60. The van der Waals surface area contributed by atoms with Crippen molar-refractivity contribution in [3.05, 3.63) is 42.7 Å². The molecule has 1 aromatic rings. The van der Waals surface area contributed by atoms with Crippen LogP contribution in [0.25, 0.3) is 0 Å². The molecule has 37 valence electrons. The van der Waals surface area contributed by atoms with Gasteiger partial charge >= 0.3 is 0 Å². The Morgan fingerprint density at radius 3 is 3.38 bits per heavy atom. The zero-order valence-electron chi connectivity index (χ0n) is 4.26. The number of rotatable bonds is 0. The van der Waals surface area contributed by atoms with Crippen molar-refractivity contribution in [2.75, 3.05) is 0 Å². The van der Waals surface area contributed by atoms with Crippen LogP contribution < -0.4 is 0 Å². The molecule has 3 radical (unpaired) electrons. The molecular weight excluding hydrogens is 98.1 g/mol. The van der Waals surface area contributed by atoms with Gasteiger partial charge in [-0.15, -0.1) is 0 Å². The average molecular weight is 102 g/mol. The quantitative estimate of drug-likeness (QED) is 0.461. The minimum atomic E-state index is 1.16. The molecule has 0 spiro atoms. The summed E-state index contributed by atoms with van der Waals surface area (Å²) in [7, 11) is 0. The fourth-order valence-corrected chi connectivity index (χ4v) is 0.789. The standard InChI is InChI=1S/C7H4N/c1-3-7-4-2-6-8(7)5-1/h1,3-5H. The van der Waals surface area contributed by atoms with Crippen LogP contribution in [0.2, 0.25) is 0 Å². The zero-order chi connectivity index (χ0) is 5.40. The van der Waals surface area contributed by atoms with Gasteiger partial charge in [0.2, 0.25) is 0 Å². The molecule has 0 fully saturated rings. The fourth-order valence-electron chi connectivity index (χ4n) is 0.789. The van der Waals surface area contributed by atoms with Crippen LogP contribution >= 0.6 is 0 Å². The molecule has 1 aliphatic rings. The molecular formula is C7H4N. The maximum Gasteiger partial charge on any atom is 0.0741 e. The van der Waals surface area contributed by atoms with Gasteiger partial charge in [0.05, 0.1) is 6.20 Å². The van der Waals surface area contributed by atoms with Crippen molar-refractivity contribution in [2.45, 2.75) is 0 Å². The fraction of sp³-hybridized carbons (Fsp3) is 0. The number of fused-ring (bicyclic) bond motifs is 1. The van der Waals surface area contributed by atoms with E-state index in [9.17, 15) is 0 Å². The maximum absolute atomic E-state index is 2.89. The highest BCUT2D eigenvalue weighted by atomic mass is 15.0. The summed E-state index contributed by atoms with van der Waals surface area (Å²) in [5, 5.41) is 0. The van der Waals surface area contributed by atoms with Crippen molar-refractivity contribution < 1.29 is 0 Å². The molecule has 2 heterocycles. The Bertz CT molecular complexity index is 220. The second-order valence-electron chi connectivity index (χ2n) is 1.70. The first-order valence-corrected chi connectivity index (χ1v) is 2.49. The predicted molar refractivity (Wildman–Crippen MR) is 29.7 cm³/mol. The highest BCUT2D eigenvalue weighted by Gasteiger charge is 2.01. The number of hydrogen-bond acceptors (Lipinski definition) is 0. The van der Waals surface area contributed by atoms with Gasteiger partial charge in [-0.05, 0) is 18.2 Å². The minimum absolute atomic E-state index is 1.16. The highest BCUT2D eigenvalue weighted by molar-refractivity contribution is 5.24. The normalized spacial score (nSPS) is 14.5. The van der Waals surface area contributed by atoms with Crippen LogP contribution in [-0.4, -0.2) is 4.57 Å². The molecule has 0 unspecified atom stereocenters. The maximum atomic E-state index is 2.89. The van der Waals surface area contributed by atoms with Crippen molar-refractivity contribution in [3.8, 4) is 0 Å². The molecule has 1 nitrogen and oxygen atoms in total. The second-order valence-corrected chi connectivity index (χ2v) is 1.70. The van der Waals surface area contributed by atoms with Gasteiger partial charge in [0.1, 0.15) is 0 Å². The summed E-state index contributed by atoms with van der Waals surface area (Å²) in [6.45, 7) is 0. The molecule has 0 N–H and O–H groups in total. The number of nitrogens with zero attached hydrogens (tertiary/aromatic N) is 1. The van der Waals surface area contributed by atoms with Crippen LogP contribution in [0.4, 0.5) is 0 Å². The van der Waals surface area contributed by atoms with E-state index in [1.165, 1.54) is 0 Å². The predicted octanol–water partition coefficient (Wildman–Crippen LogP) is 1.02. The van der Waals surface area contributed by atoms with E-state index in [4.69, 9.17) is 0 Å². The first kappa shape index (κ1) is 3.96. The molecule has 0 aliphatic carbocycles. The van der Waals surface area contributed by atoms with Gasteiger partial charge in [0.25, 0.3) is 0 Å². The zero-order valence-corrected chi connectivity index (χ0v) is 4.26. The smallest absolute Gasteiger partial charge is 0.0741 e. The van der Waals surface area contributed by atoms with Crippen molar-refractivity contribution in [1.29, 1.82) is 0 Å². The Balaban J connectivity index is 2.67. The van der Waals surface area contributed by atoms with E-state index in [1.807, 2.05) is 29.3 Å².